The predicted molar refractivity (Wildman–Crippen MR) is 48.2 cm³/mol. The number of aliphatic hydroxyl groups is 1. The number of hydrogen-bond donors (Lipinski definition) is 3. The minimum atomic E-state index is -3.24. The molecule has 84 valence electrons. The third-order valence-electron chi connectivity index (χ3n) is 1.49. The molecule has 0 saturated carbocycles. The zero-order chi connectivity index (χ0) is 11.0. The Labute approximate surface area is 81.7 Å². The Morgan fingerprint density at radius 3 is 2.64 bits per heavy atom. The van der Waals surface area contributed by atoms with Crippen molar-refractivity contribution in [3.63, 3.8) is 0 Å². The van der Waals surface area contributed by atoms with Crippen molar-refractivity contribution < 1.29 is 18.7 Å². The molecule has 0 bridgehead atoms. The molecular weight excluding hydrogens is 194 g/mol. The highest BCUT2D eigenvalue weighted by Gasteiger charge is 2.27. The number of rotatable bonds is 7. The van der Waals surface area contributed by atoms with Gasteiger partial charge in [0.2, 0.25) is 5.91 Å². The van der Waals surface area contributed by atoms with Crippen LogP contribution in [0, 0.1) is 0 Å². The molecule has 0 saturated heterocycles. The molecule has 6 heteroatoms. The maximum atomic E-state index is 12.4. The van der Waals surface area contributed by atoms with Crippen molar-refractivity contribution in [2.75, 3.05) is 26.2 Å². The summed E-state index contributed by atoms with van der Waals surface area (Å²) in [6, 6.07) is 0. The maximum absolute atomic E-state index is 12.4. The van der Waals surface area contributed by atoms with Crippen LogP contribution < -0.4 is 10.6 Å². The number of hydrogen-bond acceptors (Lipinski definition) is 3. The van der Waals surface area contributed by atoms with Gasteiger partial charge in [0.25, 0.3) is 5.92 Å². The highest BCUT2D eigenvalue weighted by molar-refractivity contribution is 5.78. The third-order valence-corrected chi connectivity index (χ3v) is 1.49. The maximum Gasteiger partial charge on any atom is 0.287 e. The van der Waals surface area contributed by atoms with E-state index in [9.17, 15) is 13.6 Å². The van der Waals surface area contributed by atoms with E-state index in [1.165, 1.54) is 0 Å². The van der Waals surface area contributed by atoms with Gasteiger partial charge in [-0.05, 0) is 13.0 Å². The Bertz CT molecular complexity index is 177. The molecule has 1 amide bonds. The molecule has 0 aliphatic heterocycles. The molecule has 0 aliphatic carbocycles. The van der Waals surface area contributed by atoms with Gasteiger partial charge in [0.05, 0.1) is 13.1 Å². The van der Waals surface area contributed by atoms with Gasteiger partial charge in [0, 0.05) is 0 Å². The SMILES string of the molecule is CCCNCC(=O)NCC(F)(F)CO. The molecule has 4 nitrogen and oxygen atoms in total. The molecule has 0 unspecified atom stereocenters. The van der Waals surface area contributed by atoms with Gasteiger partial charge < -0.3 is 15.7 Å². The van der Waals surface area contributed by atoms with E-state index < -0.39 is 25.0 Å². The zero-order valence-corrected chi connectivity index (χ0v) is 8.15. The van der Waals surface area contributed by atoms with Gasteiger partial charge in [-0.25, -0.2) is 8.78 Å². The quantitative estimate of drug-likeness (QED) is 0.507. The zero-order valence-electron chi connectivity index (χ0n) is 8.15. The third kappa shape index (κ3) is 6.73. The molecule has 0 fully saturated rings. The largest absolute Gasteiger partial charge is 0.390 e. The number of nitrogens with one attached hydrogen (secondary N) is 2. The number of aliphatic hydroxyl groups excluding tert-OH is 1. The molecule has 0 atom stereocenters. The van der Waals surface area contributed by atoms with Crippen LogP contribution in [0.25, 0.3) is 0 Å². The van der Waals surface area contributed by atoms with Gasteiger partial charge in [0.1, 0.15) is 6.61 Å². The van der Waals surface area contributed by atoms with Gasteiger partial charge in [-0.1, -0.05) is 6.92 Å². The molecule has 0 spiro atoms. The summed E-state index contributed by atoms with van der Waals surface area (Å²) in [6.45, 7) is 0.551. The minimum absolute atomic E-state index is 0.0232. The summed E-state index contributed by atoms with van der Waals surface area (Å²) < 4.78 is 24.8. The lowest BCUT2D eigenvalue weighted by molar-refractivity contribution is -0.123. The average molecular weight is 210 g/mol. The van der Waals surface area contributed by atoms with E-state index in [1.54, 1.807) is 0 Å². The average Bonchev–Trinajstić information content (AvgIpc) is 2.16. The fourth-order valence-electron chi connectivity index (χ4n) is 0.725. The minimum Gasteiger partial charge on any atom is -0.390 e. The van der Waals surface area contributed by atoms with Crippen molar-refractivity contribution in [3.8, 4) is 0 Å². The van der Waals surface area contributed by atoms with E-state index in [2.05, 4.69) is 5.32 Å². The summed E-state index contributed by atoms with van der Waals surface area (Å²) in [5.41, 5.74) is 0. The fraction of sp³-hybridized carbons (Fsp3) is 0.875. The van der Waals surface area contributed by atoms with Crippen molar-refractivity contribution in [1.29, 1.82) is 0 Å². The lowest BCUT2D eigenvalue weighted by atomic mass is 10.3. The van der Waals surface area contributed by atoms with Crippen LogP contribution in [0.1, 0.15) is 13.3 Å². The summed E-state index contributed by atoms with van der Waals surface area (Å²) in [5.74, 6) is -3.73. The molecule has 14 heavy (non-hydrogen) atoms. The van der Waals surface area contributed by atoms with Crippen LogP contribution in [0.5, 0.6) is 0 Å². The second-order valence-electron chi connectivity index (χ2n) is 2.97. The number of alkyl halides is 2. The van der Waals surface area contributed by atoms with Crippen molar-refractivity contribution in [2.45, 2.75) is 19.3 Å². The van der Waals surface area contributed by atoms with Gasteiger partial charge in [-0.3, -0.25) is 4.79 Å². The first-order valence-electron chi connectivity index (χ1n) is 4.48. The summed E-state index contributed by atoms with van der Waals surface area (Å²) in [6.07, 6.45) is 0.875. The van der Waals surface area contributed by atoms with E-state index in [0.717, 1.165) is 6.42 Å². The Morgan fingerprint density at radius 1 is 1.50 bits per heavy atom. The lowest BCUT2D eigenvalue weighted by Crippen LogP contribution is -2.42. The van der Waals surface area contributed by atoms with Crippen molar-refractivity contribution in [2.24, 2.45) is 0 Å². The number of amides is 1. The first-order valence-corrected chi connectivity index (χ1v) is 4.48. The smallest absolute Gasteiger partial charge is 0.287 e. The molecule has 0 heterocycles. The van der Waals surface area contributed by atoms with E-state index in [-0.39, 0.29) is 6.54 Å². The summed E-state index contributed by atoms with van der Waals surface area (Å²) in [4.78, 5) is 10.9. The Morgan fingerprint density at radius 2 is 2.14 bits per heavy atom. The van der Waals surface area contributed by atoms with Crippen LogP contribution in [-0.2, 0) is 4.79 Å². The fourth-order valence-corrected chi connectivity index (χ4v) is 0.725. The number of carbonyl (C=O) groups excluding carboxylic acids is 1. The normalized spacial score (nSPS) is 11.4. The second kappa shape index (κ2) is 6.67. The Kier molecular flexibility index (Phi) is 6.31. The standard InChI is InChI=1S/C8H16F2N2O2/c1-2-3-11-4-7(14)12-5-8(9,10)6-13/h11,13H,2-6H2,1H3,(H,12,14). The molecule has 0 aromatic carbocycles. The summed E-state index contributed by atoms with van der Waals surface area (Å²) in [7, 11) is 0. The van der Waals surface area contributed by atoms with Crippen LogP contribution >= 0.6 is 0 Å². The number of halogens is 2. The first-order chi connectivity index (χ1) is 6.52. The molecule has 0 radical (unpaired) electrons. The summed E-state index contributed by atoms with van der Waals surface area (Å²) in [5, 5.41) is 13.0. The van der Waals surface area contributed by atoms with Crippen LogP contribution in [0.15, 0.2) is 0 Å². The highest BCUT2D eigenvalue weighted by Crippen LogP contribution is 2.09. The van der Waals surface area contributed by atoms with Crippen LogP contribution in [-0.4, -0.2) is 43.2 Å². The number of carbonyl (C=O) groups is 1. The van der Waals surface area contributed by atoms with Gasteiger partial charge in [-0.2, -0.15) is 0 Å². The van der Waals surface area contributed by atoms with E-state index >= 15 is 0 Å². The Balaban J connectivity index is 3.53. The van der Waals surface area contributed by atoms with E-state index in [0.29, 0.717) is 6.54 Å². The monoisotopic (exact) mass is 210 g/mol. The van der Waals surface area contributed by atoms with Crippen LogP contribution in [0.4, 0.5) is 8.78 Å². The Hall–Kier alpha value is -0.750. The molecule has 0 aliphatic rings. The van der Waals surface area contributed by atoms with Crippen molar-refractivity contribution >= 4 is 5.91 Å². The predicted octanol–water partition coefficient (Wildman–Crippen LogP) is -0.270. The van der Waals surface area contributed by atoms with Gasteiger partial charge in [0.15, 0.2) is 0 Å². The van der Waals surface area contributed by atoms with Crippen LogP contribution in [0.3, 0.4) is 0 Å². The molecule has 0 rings (SSSR count). The summed E-state index contributed by atoms with van der Waals surface area (Å²) >= 11 is 0. The van der Waals surface area contributed by atoms with Gasteiger partial charge in [-0.15, -0.1) is 0 Å². The van der Waals surface area contributed by atoms with Crippen molar-refractivity contribution in [3.05, 3.63) is 0 Å². The lowest BCUT2D eigenvalue weighted by Gasteiger charge is -2.13. The van der Waals surface area contributed by atoms with E-state index in [1.807, 2.05) is 12.2 Å². The van der Waals surface area contributed by atoms with Crippen LogP contribution in [0.2, 0.25) is 0 Å². The molecule has 3 N–H and O–H groups in total. The highest BCUT2D eigenvalue weighted by atomic mass is 19.3. The second-order valence-corrected chi connectivity index (χ2v) is 2.97. The first kappa shape index (κ1) is 13.2. The molecule has 0 aromatic rings. The topological polar surface area (TPSA) is 61.4 Å². The molecule has 0 aromatic heterocycles. The molecular formula is C8H16F2N2O2. The van der Waals surface area contributed by atoms with E-state index in [4.69, 9.17) is 5.11 Å². The van der Waals surface area contributed by atoms with Crippen molar-refractivity contribution in [1.82, 2.24) is 10.6 Å². The van der Waals surface area contributed by atoms with Gasteiger partial charge >= 0.3 is 0 Å².